The van der Waals surface area contributed by atoms with Crippen molar-refractivity contribution in [3.63, 3.8) is 0 Å². The van der Waals surface area contributed by atoms with Crippen LogP contribution in [0.1, 0.15) is 41.0 Å². The fraction of sp³-hybridized carbons (Fsp3) is 1.00. The van der Waals surface area contributed by atoms with Crippen molar-refractivity contribution in [2.75, 3.05) is 19.7 Å². The van der Waals surface area contributed by atoms with Crippen molar-refractivity contribution in [3.8, 4) is 0 Å². The lowest BCUT2D eigenvalue weighted by Crippen LogP contribution is -2.35. The fourth-order valence-corrected chi connectivity index (χ4v) is 1.23. The number of aliphatic hydroxyl groups excluding tert-OH is 1. The maximum absolute atomic E-state index is 9.14. The monoisotopic (exact) mass is 201 g/mol. The van der Waals surface area contributed by atoms with Gasteiger partial charge in [0.05, 0.1) is 0 Å². The van der Waals surface area contributed by atoms with Gasteiger partial charge in [-0.05, 0) is 23.7 Å². The zero-order valence-electron chi connectivity index (χ0n) is 10.4. The Morgan fingerprint density at radius 2 is 1.86 bits per heavy atom. The number of aliphatic hydroxyl groups is 1. The van der Waals surface area contributed by atoms with Crippen LogP contribution in [0.25, 0.3) is 0 Å². The molecule has 0 aliphatic rings. The van der Waals surface area contributed by atoms with E-state index in [2.05, 4.69) is 39.9 Å². The lowest BCUT2D eigenvalue weighted by atomic mass is 9.89. The van der Waals surface area contributed by atoms with Crippen LogP contribution >= 0.6 is 0 Å². The lowest BCUT2D eigenvalue weighted by molar-refractivity contribution is 0.180. The summed E-state index contributed by atoms with van der Waals surface area (Å²) >= 11 is 0. The topological polar surface area (TPSA) is 32.3 Å². The molecule has 0 aliphatic carbocycles. The Kier molecular flexibility index (Phi) is 6.38. The molecule has 0 amide bonds. The summed E-state index contributed by atoms with van der Waals surface area (Å²) in [6.07, 6.45) is 1.19. The van der Waals surface area contributed by atoms with Gasteiger partial charge in [0, 0.05) is 19.7 Å². The number of hydrogen-bond donors (Lipinski definition) is 2. The molecule has 0 saturated heterocycles. The molecule has 0 saturated carbocycles. The van der Waals surface area contributed by atoms with E-state index in [1.54, 1.807) is 0 Å². The summed E-state index contributed by atoms with van der Waals surface area (Å²) in [5.74, 6) is 0.944. The first-order valence-corrected chi connectivity index (χ1v) is 5.74. The lowest BCUT2D eigenvalue weighted by Gasteiger charge is -2.25. The van der Waals surface area contributed by atoms with Crippen molar-refractivity contribution in [2.24, 2.45) is 17.3 Å². The van der Waals surface area contributed by atoms with Crippen LogP contribution in [0.5, 0.6) is 0 Å². The van der Waals surface area contributed by atoms with E-state index in [-0.39, 0.29) is 6.61 Å². The number of rotatable bonds is 7. The third-order valence-electron chi connectivity index (χ3n) is 3.14. The summed E-state index contributed by atoms with van der Waals surface area (Å²) in [6, 6.07) is 0. The van der Waals surface area contributed by atoms with Gasteiger partial charge in [-0.2, -0.15) is 0 Å². The van der Waals surface area contributed by atoms with Crippen molar-refractivity contribution >= 4 is 0 Å². The average Bonchev–Trinajstić information content (AvgIpc) is 2.12. The molecular weight excluding hydrogens is 174 g/mol. The summed E-state index contributed by atoms with van der Waals surface area (Å²) in [4.78, 5) is 0. The Morgan fingerprint density at radius 3 is 2.21 bits per heavy atom. The van der Waals surface area contributed by atoms with E-state index < -0.39 is 0 Å². The van der Waals surface area contributed by atoms with Crippen molar-refractivity contribution in [3.05, 3.63) is 0 Å². The minimum Gasteiger partial charge on any atom is -0.396 e. The SMILES string of the molecule is CCC(C)(C)CNCC(CO)C(C)C. The van der Waals surface area contributed by atoms with Crippen LogP contribution in [0, 0.1) is 17.3 Å². The van der Waals surface area contributed by atoms with E-state index in [0.29, 0.717) is 17.3 Å². The fourth-order valence-electron chi connectivity index (χ4n) is 1.23. The predicted molar refractivity (Wildman–Crippen MR) is 62.4 cm³/mol. The van der Waals surface area contributed by atoms with Gasteiger partial charge in [-0.1, -0.05) is 34.6 Å². The average molecular weight is 201 g/mol. The van der Waals surface area contributed by atoms with Crippen LogP contribution in [-0.2, 0) is 0 Å². The molecule has 1 unspecified atom stereocenters. The molecule has 2 N–H and O–H groups in total. The zero-order chi connectivity index (χ0) is 11.2. The first-order valence-electron chi connectivity index (χ1n) is 5.74. The van der Waals surface area contributed by atoms with Crippen molar-refractivity contribution in [1.82, 2.24) is 5.32 Å². The third-order valence-corrected chi connectivity index (χ3v) is 3.14. The molecule has 0 fully saturated rings. The van der Waals surface area contributed by atoms with Gasteiger partial charge >= 0.3 is 0 Å². The summed E-state index contributed by atoms with van der Waals surface area (Å²) in [5.41, 5.74) is 0.372. The first kappa shape index (κ1) is 13.9. The van der Waals surface area contributed by atoms with Gasteiger partial charge in [-0.15, -0.1) is 0 Å². The molecule has 0 aromatic heterocycles. The summed E-state index contributed by atoms with van der Waals surface area (Å²) in [7, 11) is 0. The van der Waals surface area contributed by atoms with Crippen LogP contribution in [0.3, 0.4) is 0 Å². The molecule has 0 rings (SSSR count). The standard InChI is InChI=1S/C12H27NO/c1-6-12(4,5)9-13-7-11(8-14)10(2)3/h10-11,13-14H,6-9H2,1-5H3. The van der Waals surface area contributed by atoms with E-state index in [0.717, 1.165) is 13.1 Å². The molecule has 0 heterocycles. The minimum absolute atomic E-state index is 0.289. The zero-order valence-corrected chi connectivity index (χ0v) is 10.4. The summed E-state index contributed by atoms with van der Waals surface area (Å²) < 4.78 is 0. The van der Waals surface area contributed by atoms with Gasteiger partial charge in [0.1, 0.15) is 0 Å². The molecule has 0 aromatic rings. The van der Waals surface area contributed by atoms with Crippen molar-refractivity contribution < 1.29 is 5.11 Å². The molecule has 2 nitrogen and oxygen atoms in total. The maximum Gasteiger partial charge on any atom is 0.0473 e. The second-order valence-electron chi connectivity index (χ2n) is 5.34. The highest BCUT2D eigenvalue weighted by molar-refractivity contribution is 4.72. The molecule has 0 spiro atoms. The molecule has 0 aromatic carbocycles. The molecule has 2 heteroatoms. The summed E-state index contributed by atoms with van der Waals surface area (Å²) in [6.45, 7) is 13.3. The summed E-state index contributed by atoms with van der Waals surface area (Å²) in [5, 5.41) is 12.6. The molecule has 0 radical (unpaired) electrons. The van der Waals surface area contributed by atoms with Crippen LogP contribution in [0.4, 0.5) is 0 Å². The van der Waals surface area contributed by atoms with Crippen LogP contribution < -0.4 is 5.32 Å². The Labute approximate surface area is 89.1 Å². The van der Waals surface area contributed by atoms with Gasteiger partial charge in [0.25, 0.3) is 0 Å². The van der Waals surface area contributed by atoms with E-state index in [9.17, 15) is 0 Å². The highest BCUT2D eigenvalue weighted by Gasteiger charge is 2.16. The second-order valence-corrected chi connectivity index (χ2v) is 5.34. The maximum atomic E-state index is 9.14. The molecule has 0 aliphatic heterocycles. The van der Waals surface area contributed by atoms with Gasteiger partial charge in [0.15, 0.2) is 0 Å². The Hall–Kier alpha value is -0.0800. The van der Waals surface area contributed by atoms with Gasteiger partial charge < -0.3 is 10.4 Å². The molecular formula is C12H27NO. The Balaban J connectivity index is 3.71. The first-order chi connectivity index (χ1) is 6.43. The van der Waals surface area contributed by atoms with Crippen LogP contribution in [-0.4, -0.2) is 24.8 Å². The molecule has 14 heavy (non-hydrogen) atoms. The highest BCUT2D eigenvalue weighted by atomic mass is 16.3. The van der Waals surface area contributed by atoms with Crippen molar-refractivity contribution in [1.29, 1.82) is 0 Å². The second kappa shape index (κ2) is 6.41. The van der Waals surface area contributed by atoms with Gasteiger partial charge in [-0.25, -0.2) is 0 Å². The normalized spacial score (nSPS) is 14.8. The quantitative estimate of drug-likeness (QED) is 0.662. The highest BCUT2D eigenvalue weighted by Crippen LogP contribution is 2.18. The van der Waals surface area contributed by atoms with Crippen LogP contribution in [0.2, 0.25) is 0 Å². The number of nitrogens with one attached hydrogen (secondary N) is 1. The Bertz CT molecular complexity index is 143. The van der Waals surface area contributed by atoms with E-state index in [1.165, 1.54) is 6.42 Å². The minimum atomic E-state index is 0.289. The van der Waals surface area contributed by atoms with E-state index >= 15 is 0 Å². The van der Waals surface area contributed by atoms with Gasteiger partial charge in [0.2, 0.25) is 0 Å². The predicted octanol–water partition coefficient (Wildman–Crippen LogP) is 2.28. The molecule has 0 bridgehead atoms. The van der Waals surface area contributed by atoms with E-state index in [4.69, 9.17) is 5.11 Å². The van der Waals surface area contributed by atoms with Crippen molar-refractivity contribution in [2.45, 2.75) is 41.0 Å². The third kappa shape index (κ3) is 5.61. The smallest absolute Gasteiger partial charge is 0.0473 e. The number of hydrogen-bond acceptors (Lipinski definition) is 2. The van der Waals surface area contributed by atoms with E-state index in [1.807, 2.05) is 0 Å². The molecule has 1 atom stereocenters. The van der Waals surface area contributed by atoms with Gasteiger partial charge in [-0.3, -0.25) is 0 Å². The molecule has 86 valence electrons. The largest absolute Gasteiger partial charge is 0.396 e. The van der Waals surface area contributed by atoms with Crippen LogP contribution in [0.15, 0.2) is 0 Å². The Morgan fingerprint density at radius 1 is 1.29 bits per heavy atom.